The maximum absolute atomic E-state index is 11.7. The van der Waals surface area contributed by atoms with Crippen LogP contribution in [0.2, 0.25) is 0 Å². The van der Waals surface area contributed by atoms with E-state index < -0.39 is 6.04 Å². The van der Waals surface area contributed by atoms with Crippen LogP contribution in [-0.2, 0) is 11.3 Å². The molecule has 0 spiro atoms. The lowest BCUT2D eigenvalue weighted by Gasteiger charge is -2.17. The number of methoxy groups -OCH3 is 1. The highest BCUT2D eigenvalue weighted by Gasteiger charge is 2.18. The summed E-state index contributed by atoms with van der Waals surface area (Å²) in [6.07, 6.45) is 0. The molecule has 1 aromatic carbocycles. The molecule has 3 N–H and O–H groups in total. The van der Waals surface area contributed by atoms with Crippen LogP contribution in [0.5, 0.6) is 5.75 Å². The lowest BCUT2D eigenvalue weighted by molar-refractivity contribution is -0.120. The summed E-state index contributed by atoms with van der Waals surface area (Å²) in [7, 11) is 1.63. The molecule has 0 saturated heterocycles. The van der Waals surface area contributed by atoms with Crippen molar-refractivity contribution in [2.75, 3.05) is 7.11 Å². The van der Waals surface area contributed by atoms with Crippen molar-refractivity contribution in [2.45, 2.75) is 19.5 Å². The smallest absolute Gasteiger partial charge is 0.239 e. The van der Waals surface area contributed by atoms with Crippen molar-refractivity contribution in [3.05, 3.63) is 51.7 Å². The van der Waals surface area contributed by atoms with E-state index in [1.165, 1.54) is 4.88 Å². The van der Waals surface area contributed by atoms with Crippen molar-refractivity contribution in [3.8, 4) is 5.75 Å². The van der Waals surface area contributed by atoms with E-state index in [2.05, 4.69) is 5.32 Å². The molecule has 1 heterocycles. The number of nitrogens with one attached hydrogen (secondary N) is 1. The Hall–Kier alpha value is -1.85. The first-order chi connectivity index (χ1) is 9.61. The second kappa shape index (κ2) is 6.54. The van der Waals surface area contributed by atoms with Crippen molar-refractivity contribution in [1.82, 2.24) is 5.32 Å². The number of aryl methyl sites for hydroxylation is 1. The first-order valence-electron chi connectivity index (χ1n) is 6.31. The molecule has 1 atom stereocenters. The van der Waals surface area contributed by atoms with Crippen molar-refractivity contribution in [1.29, 1.82) is 0 Å². The summed E-state index contributed by atoms with van der Waals surface area (Å²) in [6, 6.07) is 9.15. The zero-order chi connectivity index (χ0) is 14.5. The first kappa shape index (κ1) is 14.6. The molecule has 2 aromatic rings. The van der Waals surface area contributed by atoms with Gasteiger partial charge in [-0.3, -0.25) is 10.1 Å². The van der Waals surface area contributed by atoms with Crippen LogP contribution in [0.3, 0.4) is 0 Å². The number of benzene rings is 1. The van der Waals surface area contributed by atoms with Crippen LogP contribution < -0.4 is 15.8 Å². The Morgan fingerprint density at radius 2 is 2.25 bits per heavy atom. The predicted octanol–water partition coefficient (Wildman–Crippen LogP) is 2.38. The molecule has 2 rings (SSSR count). The fourth-order valence-corrected chi connectivity index (χ4v) is 2.74. The topological polar surface area (TPSA) is 64.3 Å². The van der Waals surface area contributed by atoms with Gasteiger partial charge in [0.2, 0.25) is 5.91 Å². The van der Waals surface area contributed by atoms with Crippen molar-refractivity contribution in [3.63, 3.8) is 0 Å². The van der Waals surface area contributed by atoms with E-state index in [-0.39, 0.29) is 5.91 Å². The summed E-state index contributed by atoms with van der Waals surface area (Å²) in [6.45, 7) is 2.57. The molecule has 1 aromatic heterocycles. The fraction of sp³-hybridized carbons (Fsp3) is 0.267. The molecular weight excluding hydrogens is 272 g/mol. The summed E-state index contributed by atoms with van der Waals surface area (Å²) < 4.78 is 5.22. The highest BCUT2D eigenvalue weighted by Crippen LogP contribution is 2.23. The summed E-state index contributed by atoms with van der Waals surface area (Å²) in [5.74, 6) is 0.418. The van der Waals surface area contributed by atoms with Gasteiger partial charge in [-0.05, 0) is 35.6 Å². The Balaban J connectivity index is 2.15. The number of hydrogen-bond donors (Lipinski definition) is 2. The maximum atomic E-state index is 11.7. The Morgan fingerprint density at radius 3 is 2.80 bits per heavy atom. The van der Waals surface area contributed by atoms with Gasteiger partial charge >= 0.3 is 0 Å². The number of rotatable bonds is 6. The summed E-state index contributed by atoms with van der Waals surface area (Å²) >= 11 is 1.65. The van der Waals surface area contributed by atoms with E-state index >= 15 is 0 Å². The average Bonchev–Trinajstić information content (AvgIpc) is 2.92. The van der Waals surface area contributed by atoms with Gasteiger partial charge in [-0.2, -0.15) is 0 Å². The van der Waals surface area contributed by atoms with E-state index in [1.54, 1.807) is 18.4 Å². The van der Waals surface area contributed by atoms with Gasteiger partial charge in [0.05, 0.1) is 7.11 Å². The Bertz CT molecular complexity index is 582. The number of carbonyl (C=O) groups is 1. The second-order valence-electron chi connectivity index (χ2n) is 4.52. The minimum atomic E-state index is -0.498. The predicted molar refractivity (Wildman–Crippen MR) is 80.8 cm³/mol. The van der Waals surface area contributed by atoms with Crippen LogP contribution in [0.1, 0.15) is 22.0 Å². The van der Waals surface area contributed by atoms with Crippen LogP contribution in [0.25, 0.3) is 0 Å². The molecule has 20 heavy (non-hydrogen) atoms. The Kier molecular flexibility index (Phi) is 4.76. The summed E-state index contributed by atoms with van der Waals surface area (Å²) in [5, 5.41) is 5.21. The minimum Gasteiger partial charge on any atom is -0.496 e. The van der Waals surface area contributed by atoms with Crippen molar-refractivity contribution < 1.29 is 9.53 Å². The highest BCUT2D eigenvalue weighted by molar-refractivity contribution is 7.09. The monoisotopic (exact) mass is 290 g/mol. The van der Waals surface area contributed by atoms with E-state index in [9.17, 15) is 4.79 Å². The van der Waals surface area contributed by atoms with Gasteiger partial charge in [0, 0.05) is 11.4 Å². The largest absolute Gasteiger partial charge is 0.496 e. The minimum absolute atomic E-state index is 0.383. The SMILES string of the molecule is COc1ccc(C(NCc2cccs2)C(N)=O)cc1C. The van der Waals surface area contributed by atoms with Gasteiger partial charge in [-0.15, -0.1) is 11.3 Å². The zero-order valence-corrected chi connectivity index (χ0v) is 12.4. The lowest BCUT2D eigenvalue weighted by Crippen LogP contribution is -2.33. The Labute approximate surface area is 122 Å². The summed E-state index contributed by atoms with van der Waals surface area (Å²) in [5.41, 5.74) is 7.33. The number of hydrogen-bond acceptors (Lipinski definition) is 4. The van der Waals surface area contributed by atoms with Gasteiger partial charge in [0.1, 0.15) is 11.8 Å². The third-order valence-electron chi connectivity index (χ3n) is 3.10. The molecule has 0 radical (unpaired) electrons. The number of nitrogens with two attached hydrogens (primary N) is 1. The van der Waals surface area contributed by atoms with Gasteiger partial charge < -0.3 is 10.5 Å². The number of carbonyl (C=O) groups excluding carboxylic acids is 1. The highest BCUT2D eigenvalue weighted by atomic mass is 32.1. The molecule has 0 saturated carbocycles. The number of ether oxygens (including phenoxy) is 1. The number of amides is 1. The zero-order valence-electron chi connectivity index (χ0n) is 11.6. The third kappa shape index (κ3) is 3.37. The molecule has 0 aliphatic rings. The number of primary amides is 1. The van der Waals surface area contributed by atoms with Crippen LogP contribution in [0.4, 0.5) is 0 Å². The molecular formula is C15H18N2O2S. The maximum Gasteiger partial charge on any atom is 0.239 e. The molecule has 0 bridgehead atoms. The first-order valence-corrected chi connectivity index (χ1v) is 7.19. The van der Waals surface area contributed by atoms with Gasteiger partial charge in [0.15, 0.2) is 0 Å². The van der Waals surface area contributed by atoms with Gasteiger partial charge in [0.25, 0.3) is 0 Å². The Morgan fingerprint density at radius 1 is 1.45 bits per heavy atom. The van der Waals surface area contributed by atoms with E-state index in [4.69, 9.17) is 10.5 Å². The molecule has 0 aliphatic heterocycles. The van der Waals surface area contributed by atoms with Crippen molar-refractivity contribution in [2.24, 2.45) is 5.73 Å². The molecule has 5 heteroatoms. The van der Waals surface area contributed by atoms with Crippen LogP contribution >= 0.6 is 11.3 Å². The molecule has 0 fully saturated rings. The van der Waals surface area contributed by atoms with Crippen LogP contribution in [0.15, 0.2) is 35.7 Å². The fourth-order valence-electron chi connectivity index (χ4n) is 2.08. The quantitative estimate of drug-likeness (QED) is 0.858. The molecule has 1 amide bonds. The van der Waals surface area contributed by atoms with E-state index in [1.807, 2.05) is 42.6 Å². The van der Waals surface area contributed by atoms with Crippen LogP contribution in [0, 0.1) is 6.92 Å². The van der Waals surface area contributed by atoms with Gasteiger partial charge in [-0.1, -0.05) is 18.2 Å². The number of thiophene rings is 1. The van der Waals surface area contributed by atoms with Crippen molar-refractivity contribution >= 4 is 17.2 Å². The normalized spacial score (nSPS) is 12.1. The van der Waals surface area contributed by atoms with Gasteiger partial charge in [-0.25, -0.2) is 0 Å². The van der Waals surface area contributed by atoms with E-state index in [0.29, 0.717) is 6.54 Å². The molecule has 1 unspecified atom stereocenters. The molecule has 0 aliphatic carbocycles. The average molecular weight is 290 g/mol. The summed E-state index contributed by atoms with van der Waals surface area (Å²) in [4.78, 5) is 12.8. The third-order valence-corrected chi connectivity index (χ3v) is 3.97. The molecule has 106 valence electrons. The van der Waals surface area contributed by atoms with E-state index in [0.717, 1.165) is 16.9 Å². The standard InChI is InChI=1S/C15H18N2O2S/c1-10-8-11(5-6-13(10)19-2)14(15(16)18)17-9-12-4-3-7-20-12/h3-8,14,17H,9H2,1-2H3,(H2,16,18). The lowest BCUT2D eigenvalue weighted by atomic mass is 10.0. The van der Waals surface area contributed by atoms with Crippen LogP contribution in [-0.4, -0.2) is 13.0 Å². The molecule has 4 nitrogen and oxygen atoms in total. The second-order valence-corrected chi connectivity index (χ2v) is 5.56.